The number of aliphatic hydroxyl groups excluding tert-OH is 1. The number of hydrogen-bond donors (Lipinski definition) is 1. The van der Waals surface area contributed by atoms with Crippen LogP contribution in [0, 0.1) is 189 Å². The number of allylic oxidation sites excluding steroid dienone is 15. The maximum atomic E-state index is 9.16. The van der Waals surface area contributed by atoms with Gasteiger partial charge in [-0.15, -0.1) is 0 Å². The van der Waals surface area contributed by atoms with Crippen molar-refractivity contribution < 1.29 is 9.84 Å². The van der Waals surface area contributed by atoms with Crippen molar-refractivity contribution in [1.82, 2.24) is 0 Å². The zero-order chi connectivity index (χ0) is 69.4. The molecule has 0 heterocycles. The van der Waals surface area contributed by atoms with E-state index in [1.165, 1.54) is 128 Å². The molecule has 4 aromatic carbocycles. The van der Waals surface area contributed by atoms with Crippen molar-refractivity contribution in [2.75, 3.05) is 6.61 Å². The monoisotopic (exact) mass is 1370 g/mol. The predicted octanol–water partition coefficient (Wildman–Crippen LogP) is 24.6. The molecule has 32 unspecified atom stereocenters. The van der Waals surface area contributed by atoms with Gasteiger partial charge in [0, 0.05) is 6.61 Å². The van der Waals surface area contributed by atoms with E-state index < -0.39 is 0 Å². The first-order valence-corrected chi connectivity index (χ1v) is 43.5. The van der Waals surface area contributed by atoms with E-state index in [9.17, 15) is 0 Å². The molecule has 2 nitrogen and oxygen atoms in total. The smallest absolute Gasteiger partial charge is 0.127 e. The van der Waals surface area contributed by atoms with E-state index in [1.807, 2.05) is 13.0 Å². The highest BCUT2D eigenvalue weighted by Gasteiger charge is 2.63. The second-order valence-corrected chi connectivity index (χ2v) is 38.5. The van der Waals surface area contributed by atoms with Gasteiger partial charge in [-0.2, -0.15) is 0 Å². The first kappa shape index (κ1) is 69.3. The molecular weight excluding hydrogens is 1250 g/mol. The van der Waals surface area contributed by atoms with E-state index in [-0.39, 0.29) is 0 Å². The maximum Gasteiger partial charge on any atom is 0.127 e. The lowest BCUT2D eigenvalue weighted by Gasteiger charge is -2.37. The zero-order valence-electron chi connectivity index (χ0n) is 63.5. The second-order valence-electron chi connectivity index (χ2n) is 38.5. The Balaban J connectivity index is 0.0000000875. The van der Waals surface area contributed by atoms with Gasteiger partial charge in [-0.1, -0.05) is 235 Å². The van der Waals surface area contributed by atoms with Crippen molar-refractivity contribution in [1.29, 1.82) is 0 Å². The van der Waals surface area contributed by atoms with Crippen LogP contribution < -0.4 is 4.74 Å². The van der Waals surface area contributed by atoms with Crippen molar-refractivity contribution in [2.45, 2.75) is 181 Å². The first-order valence-electron chi connectivity index (χ1n) is 43.5. The average Bonchev–Trinajstić information content (AvgIpc) is 1.57. The van der Waals surface area contributed by atoms with Crippen molar-refractivity contribution in [3.05, 3.63) is 235 Å². The summed E-state index contributed by atoms with van der Waals surface area (Å²) >= 11 is 0. The Morgan fingerprint density at radius 2 is 0.874 bits per heavy atom. The van der Waals surface area contributed by atoms with E-state index in [0.717, 1.165) is 195 Å². The predicted molar refractivity (Wildman–Crippen MR) is 426 cm³/mol. The average molecular weight is 1370 g/mol. The molecule has 0 saturated heterocycles. The lowest BCUT2D eigenvalue weighted by Crippen LogP contribution is -2.31. The topological polar surface area (TPSA) is 29.5 Å². The third-order valence-corrected chi connectivity index (χ3v) is 33.3. The molecule has 20 aliphatic rings. The fraction of sp³-hybridized carbons (Fsp3) is 0.604. The Morgan fingerprint density at radius 3 is 1.39 bits per heavy atom. The maximum absolute atomic E-state index is 9.16. The lowest BCUT2D eigenvalue weighted by atomic mass is 9.68. The summed E-state index contributed by atoms with van der Waals surface area (Å²) in [6.07, 6.45) is 66.2. The molecule has 0 aromatic heterocycles. The summed E-state index contributed by atoms with van der Waals surface area (Å²) < 4.78 is 5.58. The van der Waals surface area contributed by atoms with Crippen LogP contribution in [0.15, 0.2) is 213 Å². The first-order chi connectivity index (χ1) is 50.6. The third-order valence-electron chi connectivity index (χ3n) is 33.3. The summed E-state index contributed by atoms with van der Waals surface area (Å²) in [5, 5.41) is 9.16. The standard InChI is InChI=1S/C20H24.C19H22.C18H20.C16H18O.C10H16O.C10H16.C8H12/c1-2-4-13(5-3-1)6-7-14-10-17-12-18(14)20-16-9-8-15(11-16)19(17)20;1-2-4-12(5-3-1)8-15-10-16-11-17(15)19-14-7-6-13(9-14)18(16)19;1-2-4-11(5-3-1)15-9-14-10-16(15)18-13-7-6-12(8-13)17(14)18;1-11(2)17-15-5-3-4-13(10-15)16-9-12-6-7-14(16)8-12;1-2-9-7-3-4-8(5-7)10(9)6-11;1-2-3-9-6-8-4-5-10(9)7-8;1-6-4-7-2-3-8(6)5-7/h1-5,8-9,14-20H,6-7,10-12H2;1-7,13-19H,8-11H2;1-7,12-18H,8-10H2;3-7,10,12,14,16H,1,8-9H2,2H3;3-4,7-11H,2,5-6H2,1H3;4-5,8-10H,2-3,6-7H2,1H3;2-3,6-8H,4-5H2,1H3/t;;;;7?,8?,9-,10+;;/m....0../s1. The molecule has 20 bridgehead atoms. The van der Waals surface area contributed by atoms with Gasteiger partial charge in [0.2, 0.25) is 0 Å². The number of rotatable bonds is 13. The van der Waals surface area contributed by atoms with Crippen LogP contribution in [0.1, 0.15) is 190 Å². The fourth-order valence-corrected chi connectivity index (χ4v) is 29.6. The molecule has 13 saturated carbocycles. The summed E-state index contributed by atoms with van der Waals surface area (Å²) in [6, 6.07) is 42.1. The molecule has 103 heavy (non-hydrogen) atoms. The summed E-state index contributed by atoms with van der Waals surface area (Å²) in [4.78, 5) is 0. The quantitative estimate of drug-likeness (QED) is 0.0821. The second kappa shape index (κ2) is 30.0. The van der Waals surface area contributed by atoms with Gasteiger partial charge in [-0.25, -0.2) is 0 Å². The Morgan fingerprint density at radius 1 is 0.388 bits per heavy atom. The van der Waals surface area contributed by atoms with Gasteiger partial charge >= 0.3 is 0 Å². The summed E-state index contributed by atoms with van der Waals surface area (Å²) in [5.74, 6) is 34.2. The van der Waals surface area contributed by atoms with Crippen LogP contribution in [0.3, 0.4) is 0 Å². The van der Waals surface area contributed by atoms with Crippen molar-refractivity contribution in [2.24, 2.45) is 189 Å². The molecule has 0 radical (unpaired) electrons. The normalized spacial score (nSPS) is 45.1. The number of fused-ring (bicyclic) bond motifs is 35. The number of hydrogen-bond acceptors (Lipinski definition) is 2. The van der Waals surface area contributed by atoms with Crippen LogP contribution in [-0.2, 0) is 12.8 Å². The molecule has 20 aliphatic carbocycles. The highest BCUT2D eigenvalue weighted by atomic mass is 16.5. The summed E-state index contributed by atoms with van der Waals surface area (Å²) in [5.41, 5.74) is 6.14. The largest absolute Gasteiger partial charge is 0.463 e. The van der Waals surface area contributed by atoms with Crippen molar-refractivity contribution in [3.8, 4) is 5.75 Å². The van der Waals surface area contributed by atoms with Crippen LogP contribution >= 0.6 is 0 Å². The minimum atomic E-state index is 0.393. The molecule has 4 aromatic rings. The lowest BCUT2D eigenvalue weighted by molar-refractivity contribution is 0.144. The van der Waals surface area contributed by atoms with Crippen molar-refractivity contribution in [3.63, 3.8) is 0 Å². The van der Waals surface area contributed by atoms with E-state index >= 15 is 0 Å². The van der Waals surface area contributed by atoms with Gasteiger partial charge in [0.15, 0.2) is 0 Å². The molecule has 0 spiro atoms. The van der Waals surface area contributed by atoms with Gasteiger partial charge < -0.3 is 9.84 Å². The van der Waals surface area contributed by atoms with Crippen LogP contribution in [0.5, 0.6) is 5.75 Å². The van der Waals surface area contributed by atoms with Gasteiger partial charge in [0.1, 0.15) is 5.75 Å². The van der Waals surface area contributed by atoms with Gasteiger partial charge in [-0.3, -0.25) is 0 Å². The van der Waals surface area contributed by atoms with Gasteiger partial charge in [0.25, 0.3) is 0 Å². The van der Waals surface area contributed by atoms with Crippen LogP contribution in [0.4, 0.5) is 0 Å². The van der Waals surface area contributed by atoms with E-state index in [2.05, 4.69) is 222 Å². The zero-order valence-corrected chi connectivity index (χ0v) is 63.5. The fourth-order valence-electron chi connectivity index (χ4n) is 29.6. The highest BCUT2D eigenvalue weighted by Crippen LogP contribution is 2.71. The highest BCUT2D eigenvalue weighted by molar-refractivity contribution is 5.36. The summed E-state index contributed by atoms with van der Waals surface area (Å²) in [7, 11) is 0. The number of aryl methyl sites for hydroxylation is 1. The Labute approximate surface area is 623 Å². The van der Waals surface area contributed by atoms with E-state index in [1.54, 1.807) is 36.0 Å². The molecule has 0 amide bonds. The molecule has 13 fully saturated rings. The van der Waals surface area contributed by atoms with Crippen LogP contribution in [-0.4, -0.2) is 11.7 Å². The minimum Gasteiger partial charge on any atom is -0.463 e. The van der Waals surface area contributed by atoms with Crippen LogP contribution in [0.25, 0.3) is 0 Å². The van der Waals surface area contributed by atoms with E-state index in [0.29, 0.717) is 24.4 Å². The molecule has 34 atom stereocenters. The SMILES string of the molecule is C1=CC2CC1C1C3CC(CCc4ccccc4)C(C3)C21.C1=CC2CC1C1C3CC(Cc4ccccc4)C(C3)C21.C1=CC2CC1C1C3CC(c4ccccc4)C(C3)C21.C=C(C)Oc1cccc(C2CC3C=CC2C3)c1.CC1CC2C=CC1C2.CCCC1CC2C=CC1C2.CC[C@H]1C2C=CC(C2)[C@H]1CO. The van der Waals surface area contributed by atoms with Crippen LogP contribution in [0.2, 0.25) is 0 Å². The molecule has 0 aliphatic heterocycles. The third kappa shape index (κ3) is 13.6. The molecule has 544 valence electrons. The van der Waals surface area contributed by atoms with E-state index in [4.69, 9.17) is 9.84 Å². The summed E-state index contributed by atoms with van der Waals surface area (Å²) in [6.45, 7) is 13.0. The minimum absolute atomic E-state index is 0.393. The van der Waals surface area contributed by atoms with Gasteiger partial charge in [0.05, 0.1) is 5.76 Å². The Bertz CT molecular complexity index is 3750. The number of ether oxygens (including phenoxy) is 1. The Kier molecular flexibility index (Phi) is 20.2. The van der Waals surface area contributed by atoms with Crippen molar-refractivity contribution >= 4 is 0 Å². The Hall–Kier alpha value is -5.44. The number of aliphatic hydroxyl groups is 1. The molecule has 1 N–H and O–H groups in total. The molecule has 24 rings (SSSR count). The van der Waals surface area contributed by atoms with Gasteiger partial charge in [-0.05, 0) is 365 Å². The molecular formula is C101H128O2. The number of benzene rings is 4. The molecule has 2 heteroatoms.